The van der Waals surface area contributed by atoms with Gasteiger partial charge in [-0.25, -0.2) is 13.2 Å². The predicted octanol–water partition coefficient (Wildman–Crippen LogP) is 1.79. The van der Waals surface area contributed by atoms with Crippen LogP contribution in [0.5, 0.6) is 0 Å². The zero-order valence-electron chi connectivity index (χ0n) is 14.1. The number of hydrogen-bond acceptors (Lipinski definition) is 4. The van der Waals surface area contributed by atoms with Crippen LogP contribution in [0.3, 0.4) is 0 Å². The Morgan fingerprint density at radius 2 is 1.88 bits per heavy atom. The second kappa shape index (κ2) is 7.11. The number of rotatable bonds is 6. The molecule has 0 saturated carbocycles. The number of benzene rings is 1. The summed E-state index contributed by atoms with van der Waals surface area (Å²) in [7, 11) is -2.85. The zero-order chi connectivity index (χ0) is 17.2. The summed E-state index contributed by atoms with van der Waals surface area (Å²) in [6, 6.07) is 8.06. The van der Waals surface area contributed by atoms with E-state index in [9.17, 15) is 13.2 Å². The van der Waals surface area contributed by atoms with Crippen LogP contribution in [-0.2, 0) is 9.84 Å². The van der Waals surface area contributed by atoms with E-state index in [0.29, 0.717) is 0 Å². The highest BCUT2D eigenvalue weighted by molar-refractivity contribution is 7.90. The van der Waals surface area contributed by atoms with Crippen LogP contribution in [0.15, 0.2) is 29.1 Å². The second-order valence-corrected chi connectivity index (χ2v) is 8.99. The molecule has 24 heavy (non-hydrogen) atoms. The van der Waals surface area contributed by atoms with Crippen molar-refractivity contribution in [3.63, 3.8) is 0 Å². The van der Waals surface area contributed by atoms with E-state index in [1.807, 2.05) is 28.8 Å². The number of nitrogens with zero attached hydrogens (tertiary/aromatic N) is 2. The number of H-pyrrole nitrogens is 1. The number of aromatic nitrogens is 2. The number of para-hydroxylation sites is 2. The Balaban J connectivity index is 1.55. The fourth-order valence-corrected chi connectivity index (χ4v) is 4.27. The first-order chi connectivity index (χ1) is 11.4. The Labute approximate surface area is 142 Å². The number of aromatic amines is 1. The van der Waals surface area contributed by atoms with Crippen LogP contribution >= 0.6 is 0 Å². The topological polar surface area (TPSA) is 75.2 Å². The Morgan fingerprint density at radius 1 is 1.17 bits per heavy atom. The van der Waals surface area contributed by atoms with E-state index in [-0.39, 0.29) is 17.5 Å². The molecule has 132 valence electrons. The molecule has 7 heteroatoms. The molecule has 0 radical (unpaired) electrons. The summed E-state index contributed by atoms with van der Waals surface area (Å²) in [6.45, 7) is 2.84. The SMILES string of the molecule is CS(=O)(=O)CCCCN1CCC(n2c(=O)[nH]c3ccccc32)CC1. The summed E-state index contributed by atoms with van der Waals surface area (Å²) < 4.78 is 24.2. The molecule has 1 aromatic carbocycles. The molecular formula is C17H25N3O3S. The highest BCUT2D eigenvalue weighted by Gasteiger charge is 2.23. The average molecular weight is 351 g/mol. The monoisotopic (exact) mass is 351 g/mol. The third-order valence-corrected chi connectivity index (χ3v) is 5.82. The summed E-state index contributed by atoms with van der Waals surface area (Å²) >= 11 is 0. The number of likely N-dealkylation sites (tertiary alicyclic amines) is 1. The van der Waals surface area contributed by atoms with Crippen molar-refractivity contribution in [2.45, 2.75) is 31.7 Å². The summed E-state index contributed by atoms with van der Waals surface area (Å²) in [6.07, 6.45) is 4.82. The van der Waals surface area contributed by atoms with Crippen molar-refractivity contribution in [1.82, 2.24) is 14.5 Å². The number of unbranched alkanes of at least 4 members (excludes halogenated alkanes) is 1. The van der Waals surface area contributed by atoms with Crippen molar-refractivity contribution in [1.29, 1.82) is 0 Å². The van der Waals surface area contributed by atoms with Gasteiger partial charge >= 0.3 is 5.69 Å². The summed E-state index contributed by atoms with van der Waals surface area (Å²) in [5, 5.41) is 0. The van der Waals surface area contributed by atoms with Gasteiger partial charge in [0.2, 0.25) is 0 Å². The van der Waals surface area contributed by atoms with E-state index in [1.54, 1.807) is 0 Å². The van der Waals surface area contributed by atoms with Gasteiger partial charge in [-0.15, -0.1) is 0 Å². The quantitative estimate of drug-likeness (QED) is 0.805. The Morgan fingerprint density at radius 3 is 2.58 bits per heavy atom. The third kappa shape index (κ3) is 4.08. The molecule has 0 amide bonds. The van der Waals surface area contributed by atoms with Crippen LogP contribution in [-0.4, -0.2) is 54.5 Å². The van der Waals surface area contributed by atoms with E-state index in [0.717, 1.165) is 56.4 Å². The fraction of sp³-hybridized carbons (Fsp3) is 0.588. The Bertz CT molecular complexity index is 845. The molecule has 0 atom stereocenters. The van der Waals surface area contributed by atoms with E-state index in [1.165, 1.54) is 6.26 Å². The lowest BCUT2D eigenvalue weighted by atomic mass is 10.0. The molecule has 1 saturated heterocycles. The molecule has 0 bridgehead atoms. The number of sulfone groups is 1. The van der Waals surface area contributed by atoms with Crippen molar-refractivity contribution >= 4 is 20.9 Å². The van der Waals surface area contributed by atoms with Crippen LogP contribution in [0.1, 0.15) is 31.7 Å². The molecule has 2 heterocycles. The van der Waals surface area contributed by atoms with Gasteiger partial charge in [-0.2, -0.15) is 0 Å². The predicted molar refractivity (Wildman–Crippen MR) is 96.2 cm³/mol. The maximum Gasteiger partial charge on any atom is 0.326 e. The first kappa shape index (κ1) is 17.2. The van der Waals surface area contributed by atoms with Gasteiger partial charge in [0.05, 0.1) is 11.0 Å². The molecular weight excluding hydrogens is 326 g/mol. The number of fused-ring (bicyclic) bond motifs is 1. The van der Waals surface area contributed by atoms with Gasteiger partial charge < -0.3 is 9.88 Å². The van der Waals surface area contributed by atoms with Crippen molar-refractivity contribution in [2.75, 3.05) is 31.6 Å². The molecule has 1 N–H and O–H groups in total. The number of imidazole rings is 1. The minimum Gasteiger partial charge on any atom is -0.306 e. The molecule has 2 aromatic rings. The maximum absolute atomic E-state index is 12.3. The van der Waals surface area contributed by atoms with Crippen LogP contribution < -0.4 is 5.69 Å². The molecule has 0 aliphatic carbocycles. The Kier molecular flexibility index (Phi) is 5.10. The molecule has 1 aromatic heterocycles. The molecule has 0 spiro atoms. The van der Waals surface area contributed by atoms with Crippen LogP contribution in [0, 0.1) is 0 Å². The van der Waals surface area contributed by atoms with Crippen LogP contribution in [0.4, 0.5) is 0 Å². The molecule has 0 unspecified atom stereocenters. The molecule has 1 aliphatic rings. The second-order valence-electron chi connectivity index (χ2n) is 6.73. The number of hydrogen-bond donors (Lipinski definition) is 1. The van der Waals surface area contributed by atoms with Gasteiger partial charge in [0.1, 0.15) is 9.84 Å². The number of nitrogens with one attached hydrogen (secondary N) is 1. The number of piperidine rings is 1. The molecule has 1 fully saturated rings. The van der Waals surface area contributed by atoms with Gasteiger partial charge in [-0.3, -0.25) is 4.57 Å². The normalized spacial score (nSPS) is 17.5. The summed E-state index contributed by atoms with van der Waals surface area (Å²) in [5.41, 5.74) is 1.85. The van der Waals surface area contributed by atoms with E-state index in [2.05, 4.69) is 9.88 Å². The highest BCUT2D eigenvalue weighted by atomic mass is 32.2. The first-order valence-corrected chi connectivity index (χ1v) is 10.6. The van der Waals surface area contributed by atoms with Crippen molar-refractivity contribution in [3.8, 4) is 0 Å². The third-order valence-electron chi connectivity index (χ3n) is 4.79. The van der Waals surface area contributed by atoms with Gasteiger partial charge in [-0.05, 0) is 44.4 Å². The average Bonchev–Trinajstić information content (AvgIpc) is 2.87. The minimum absolute atomic E-state index is 0.0252. The van der Waals surface area contributed by atoms with Crippen LogP contribution in [0.25, 0.3) is 11.0 Å². The highest BCUT2D eigenvalue weighted by Crippen LogP contribution is 2.24. The minimum atomic E-state index is -2.85. The standard InChI is InChI=1S/C17H25N3O3S/c1-24(22,23)13-5-4-10-19-11-8-14(9-12-19)20-16-7-3-2-6-15(16)18-17(20)21/h2-3,6-7,14H,4-5,8-13H2,1H3,(H,18,21). The zero-order valence-corrected chi connectivity index (χ0v) is 14.9. The van der Waals surface area contributed by atoms with Gasteiger partial charge in [0.25, 0.3) is 0 Å². The molecule has 3 rings (SSSR count). The van der Waals surface area contributed by atoms with Crippen molar-refractivity contribution in [2.24, 2.45) is 0 Å². The molecule has 6 nitrogen and oxygen atoms in total. The van der Waals surface area contributed by atoms with E-state index >= 15 is 0 Å². The van der Waals surface area contributed by atoms with E-state index in [4.69, 9.17) is 0 Å². The lowest BCUT2D eigenvalue weighted by Crippen LogP contribution is -2.37. The van der Waals surface area contributed by atoms with Gasteiger partial charge in [0.15, 0.2) is 0 Å². The first-order valence-electron chi connectivity index (χ1n) is 8.53. The maximum atomic E-state index is 12.3. The smallest absolute Gasteiger partial charge is 0.306 e. The lowest BCUT2D eigenvalue weighted by molar-refractivity contribution is 0.185. The van der Waals surface area contributed by atoms with Gasteiger partial charge in [-0.1, -0.05) is 12.1 Å². The van der Waals surface area contributed by atoms with Crippen LogP contribution in [0.2, 0.25) is 0 Å². The largest absolute Gasteiger partial charge is 0.326 e. The summed E-state index contributed by atoms with van der Waals surface area (Å²) in [5.74, 6) is 0.272. The lowest BCUT2D eigenvalue weighted by Gasteiger charge is -2.32. The van der Waals surface area contributed by atoms with Gasteiger partial charge in [0, 0.05) is 31.1 Å². The fourth-order valence-electron chi connectivity index (χ4n) is 3.54. The molecule has 1 aliphatic heterocycles. The van der Waals surface area contributed by atoms with E-state index < -0.39 is 9.84 Å². The Hall–Kier alpha value is -1.60. The van der Waals surface area contributed by atoms with Crippen molar-refractivity contribution < 1.29 is 8.42 Å². The summed E-state index contributed by atoms with van der Waals surface area (Å²) in [4.78, 5) is 17.6. The van der Waals surface area contributed by atoms with Crippen molar-refractivity contribution in [3.05, 3.63) is 34.7 Å².